The van der Waals surface area contributed by atoms with E-state index in [0.717, 1.165) is 28.0 Å². The lowest BCUT2D eigenvalue weighted by atomic mass is 9.76. The summed E-state index contributed by atoms with van der Waals surface area (Å²) in [6.07, 6.45) is 14.3. The van der Waals surface area contributed by atoms with Gasteiger partial charge in [0.1, 0.15) is 0 Å². The number of rotatable bonds is 8. The molecule has 1 atom stereocenters. The van der Waals surface area contributed by atoms with Gasteiger partial charge >= 0.3 is 7.12 Å². The van der Waals surface area contributed by atoms with Crippen molar-refractivity contribution in [1.29, 1.82) is 0 Å². The third-order valence-corrected chi connectivity index (χ3v) is 5.83. The van der Waals surface area contributed by atoms with E-state index in [-0.39, 0.29) is 6.04 Å². The second-order valence-electron chi connectivity index (χ2n) is 8.10. The van der Waals surface area contributed by atoms with Crippen LogP contribution in [0.5, 0.6) is 0 Å². The van der Waals surface area contributed by atoms with Gasteiger partial charge in [0.15, 0.2) is 0 Å². The molecule has 0 aliphatic heterocycles. The van der Waals surface area contributed by atoms with Gasteiger partial charge in [-0.15, -0.1) is 0 Å². The Balaban J connectivity index is 1.71. The molecule has 168 valence electrons. The molecule has 0 heterocycles. The summed E-state index contributed by atoms with van der Waals surface area (Å²) in [7, 11) is -1.46. The van der Waals surface area contributed by atoms with E-state index in [9.17, 15) is 10.0 Å². The summed E-state index contributed by atoms with van der Waals surface area (Å²) in [5.41, 5.74) is 6.05. The summed E-state index contributed by atoms with van der Waals surface area (Å²) in [6.45, 7) is 3.88. The lowest BCUT2D eigenvalue weighted by Gasteiger charge is -2.30. The Kier molecular flexibility index (Phi) is 7.77. The first-order valence-electron chi connectivity index (χ1n) is 11.4. The maximum Gasteiger partial charge on any atom is 0.488 e. The molecular weight excluding hydrogens is 417 g/mol. The molecule has 0 aromatic heterocycles. The summed E-state index contributed by atoms with van der Waals surface area (Å²) in [5, 5.41) is 19.1. The summed E-state index contributed by atoms with van der Waals surface area (Å²) in [4.78, 5) is 2.22. The summed E-state index contributed by atoms with van der Waals surface area (Å²) >= 11 is 0. The van der Waals surface area contributed by atoms with Crippen LogP contribution in [-0.4, -0.2) is 23.2 Å². The third kappa shape index (κ3) is 5.73. The maximum atomic E-state index is 9.53. The van der Waals surface area contributed by atoms with Crippen molar-refractivity contribution >= 4 is 18.4 Å². The van der Waals surface area contributed by atoms with Crippen LogP contribution in [0.4, 0.5) is 5.69 Å². The molecule has 3 nitrogen and oxygen atoms in total. The average Bonchev–Trinajstić information content (AvgIpc) is 2.89. The van der Waals surface area contributed by atoms with Gasteiger partial charge in [-0.3, -0.25) is 0 Å². The van der Waals surface area contributed by atoms with Crippen LogP contribution in [0.2, 0.25) is 0 Å². The van der Waals surface area contributed by atoms with Crippen LogP contribution < -0.4 is 4.90 Å². The van der Waals surface area contributed by atoms with Crippen molar-refractivity contribution in [3.63, 3.8) is 0 Å². The van der Waals surface area contributed by atoms with E-state index in [2.05, 4.69) is 72.3 Å². The van der Waals surface area contributed by atoms with E-state index < -0.39 is 7.12 Å². The van der Waals surface area contributed by atoms with Crippen molar-refractivity contribution in [2.24, 2.45) is 0 Å². The lowest BCUT2D eigenvalue weighted by Crippen LogP contribution is -2.31. The smallest absolute Gasteiger partial charge is 0.423 e. The zero-order chi connectivity index (χ0) is 23.8. The summed E-state index contributed by atoms with van der Waals surface area (Å²) in [6, 6.07) is 29.1. The summed E-state index contributed by atoms with van der Waals surface area (Å²) in [5.74, 6) is 0. The van der Waals surface area contributed by atoms with Gasteiger partial charge in [-0.2, -0.15) is 0 Å². The average molecular weight is 445 g/mol. The molecule has 3 aromatic carbocycles. The molecule has 1 aliphatic carbocycles. The van der Waals surface area contributed by atoms with Crippen LogP contribution in [0.25, 0.3) is 16.7 Å². The molecule has 0 amide bonds. The molecule has 4 heteroatoms. The molecule has 0 spiro atoms. The zero-order valence-electron chi connectivity index (χ0n) is 19.0. The number of benzene rings is 3. The number of hydrogen-bond acceptors (Lipinski definition) is 3. The molecule has 1 aliphatic rings. The topological polar surface area (TPSA) is 43.7 Å². The number of hydrogen-bond donors (Lipinski definition) is 2. The molecule has 0 saturated heterocycles. The van der Waals surface area contributed by atoms with E-state index in [1.165, 1.54) is 0 Å². The third-order valence-electron chi connectivity index (χ3n) is 5.83. The zero-order valence-corrected chi connectivity index (χ0v) is 19.0. The molecule has 2 N–H and O–H groups in total. The van der Waals surface area contributed by atoms with Crippen molar-refractivity contribution in [1.82, 2.24) is 0 Å². The van der Waals surface area contributed by atoms with Crippen molar-refractivity contribution in [2.75, 3.05) is 4.90 Å². The maximum absolute atomic E-state index is 9.53. The van der Waals surface area contributed by atoms with Gasteiger partial charge in [0.2, 0.25) is 0 Å². The molecule has 3 aromatic rings. The predicted octanol–water partition coefficient (Wildman–Crippen LogP) is 6.21. The van der Waals surface area contributed by atoms with Crippen molar-refractivity contribution in [2.45, 2.75) is 12.5 Å². The second-order valence-corrected chi connectivity index (χ2v) is 8.10. The Bertz CT molecular complexity index is 1230. The van der Waals surface area contributed by atoms with Gasteiger partial charge in [0.25, 0.3) is 0 Å². The van der Waals surface area contributed by atoms with Crippen molar-refractivity contribution in [3.05, 3.63) is 145 Å². The Labute approximate surface area is 202 Å². The monoisotopic (exact) mass is 445 g/mol. The lowest BCUT2D eigenvalue weighted by molar-refractivity contribution is 0.420. The Morgan fingerprint density at radius 1 is 0.912 bits per heavy atom. The van der Waals surface area contributed by atoms with Crippen LogP contribution in [0.3, 0.4) is 0 Å². The molecule has 4 rings (SSSR count). The highest BCUT2D eigenvalue weighted by Crippen LogP contribution is 2.29. The highest BCUT2D eigenvalue weighted by Gasteiger charge is 2.21. The van der Waals surface area contributed by atoms with E-state index in [1.807, 2.05) is 54.6 Å². The fraction of sp³-hybridized carbons (Fsp3) is 0.0667. The van der Waals surface area contributed by atoms with Gasteiger partial charge in [0.05, 0.1) is 6.04 Å². The quantitative estimate of drug-likeness (QED) is 0.320. The van der Waals surface area contributed by atoms with Crippen molar-refractivity contribution in [3.8, 4) is 11.1 Å². The van der Waals surface area contributed by atoms with Gasteiger partial charge in [-0.05, 0) is 52.4 Å². The van der Waals surface area contributed by atoms with Crippen molar-refractivity contribution < 1.29 is 10.0 Å². The molecule has 0 radical (unpaired) electrons. The minimum absolute atomic E-state index is 0.0329. The number of allylic oxidation sites excluding steroid dienone is 6. The highest BCUT2D eigenvalue weighted by atomic mass is 16.4. The van der Waals surface area contributed by atoms with Gasteiger partial charge in [0, 0.05) is 11.9 Å². The van der Waals surface area contributed by atoms with E-state index >= 15 is 0 Å². The molecular formula is C30H28BNO2. The minimum atomic E-state index is -1.46. The fourth-order valence-electron chi connectivity index (χ4n) is 4.05. The number of anilines is 1. The number of nitrogens with zero attached hydrogens (tertiary/aromatic N) is 1. The second kappa shape index (κ2) is 11.3. The molecule has 0 bridgehead atoms. The van der Waals surface area contributed by atoms with Crippen LogP contribution in [-0.2, 0) is 0 Å². The largest absolute Gasteiger partial charge is 0.488 e. The Morgan fingerprint density at radius 3 is 2.26 bits per heavy atom. The van der Waals surface area contributed by atoms with Gasteiger partial charge in [-0.25, -0.2) is 0 Å². The highest BCUT2D eigenvalue weighted by molar-refractivity contribution is 6.51. The molecule has 0 fully saturated rings. The van der Waals surface area contributed by atoms with E-state index in [1.54, 1.807) is 12.2 Å². The standard InChI is InChI=1S/C30H28BNO2/c1-2-10-24(25-11-5-3-6-12-25)21-22-32(29-19-17-28(18-20-29)31(33)34)30-16-9-15-27(23-30)26-13-7-4-8-14-26/h2-19,21-23,29,33-34H,1,20H2/b22-21-,24-10+. The predicted molar refractivity (Wildman–Crippen MR) is 144 cm³/mol. The van der Waals surface area contributed by atoms with E-state index in [4.69, 9.17) is 0 Å². The SMILES string of the molecule is C=C/C=C(\C=C/N(c1cccc(-c2ccccc2)c1)C1C=CC(B(O)O)=CC1)c1ccccc1. The van der Waals surface area contributed by atoms with Crippen LogP contribution in [0, 0.1) is 0 Å². The van der Waals surface area contributed by atoms with Gasteiger partial charge in [-0.1, -0.05) is 110 Å². The van der Waals surface area contributed by atoms with Crippen LogP contribution >= 0.6 is 0 Å². The minimum Gasteiger partial charge on any atom is -0.423 e. The van der Waals surface area contributed by atoms with Crippen LogP contribution in [0.15, 0.2) is 140 Å². The van der Waals surface area contributed by atoms with Crippen LogP contribution in [0.1, 0.15) is 12.0 Å². The first-order valence-corrected chi connectivity index (χ1v) is 11.4. The first-order chi connectivity index (χ1) is 16.7. The van der Waals surface area contributed by atoms with E-state index in [0.29, 0.717) is 11.9 Å². The normalized spacial score (nSPS) is 15.8. The Morgan fingerprint density at radius 2 is 1.62 bits per heavy atom. The van der Waals surface area contributed by atoms with Gasteiger partial charge < -0.3 is 14.9 Å². The molecule has 0 saturated carbocycles. The molecule has 1 unspecified atom stereocenters. The summed E-state index contributed by atoms with van der Waals surface area (Å²) < 4.78 is 0. The fourth-order valence-corrected chi connectivity index (χ4v) is 4.05. The Hall–Kier alpha value is -3.86. The first kappa shape index (κ1) is 23.3. The molecule has 34 heavy (non-hydrogen) atoms.